The SMILES string of the molecule is CC.COC(=O)C1CCN(C(=O)OC(C)(C)C)C1. The predicted molar refractivity (Wildman–Crippen MR) is 69.3 cm³/mol. The summed E-state index contributed by atoms with van der Waals surface area (Å²) < 4.78 is 9.86. The van der Waals surface area contributed by atoms with Crippen molar-refractivity contribution in [3.63, 3.8) is 0 Å². The third-order valence-corrected chi connectivity index (χ3v) is 2.37. The van der Waals surface area contributed by atoms with Gasteiger partial charge in [-0.15, -0.1) is 0 Å². The van der Waals surface area contributed by atoms with Crippen molar-refractivity contribution in [2.45, 2.75) is 46.6 Å². The molecule has 0 saturated carbocycles. The lowest BCUT2D eigenvalue weighted by Gasteiger charge is -2.24. The second kappa shape index (κ2) is 7.24. The number of likely N-dealkylation sites (tertiary alicyclic amines) is 1. The van der Waals surface area contributed by atoms with E-state index in [0.29, 0.717) is 19.5 Å². The molecular formula is C13H25NO4. The molecule has 1 amide bonds. The Morgan fingerprint density at radius 3 is 2.22 bits per heavy atom. The van der Waals surface area contributed by atoms with Gasteiger partial charge in [0.15, 0.2) is 0 Å². The third-order valence-electron chi connectivity index (χ3n) is 2.37. The predicted octanol–water partition coefficient (Wildman–Crippen LogP) is 2.44. The number of amides is 1. The minimum Gasteiger partial charge on any atom is -0.469 e. The second-order valence-electron chi connectivity index (χ2n) is 4.94. The molecular weight excluding hydrogens is 234 g/mol. The zero-order chi connectivity index (χ0) is 14.3. The number of rotatable bonds is 1. The molecule has 1 heterocycles. The molecule has 5 heteroatoms. The first-order valence-electron chi connectivity index (χ1n) is 6.39. The molecule has 1 fully saturated rings. The molecule has 0 aromatic heterocycles. The van der Waals surface area contributed by atoms with Crippen molar-refractivity contribution >= 4 is 12.1 Å². The Morgan fingerprint density at radius 1 is 1.22 bits per heavy atom. The van der Waals surface area contributed by atoms with Gasteiger partial charge in [-0.2, -0.15) is 0 Å². The van der Waals surface area contributed by atoms with Gasteiger partial charge in [0.25, 0.3) is 0 Å². The Balaban J connectivity index is 0.00000137. The average Bonchev–Trinajstić information content (AvgIpc) is 2.78. The summed E-state index contributed by atoms with van der Waals surface area (Å²) >= 11 is 0. The standard InChI is InChI=1S/C11H19NO4.C2H6/c1-11(2,3)16-10(14)12-6-5-8(7-12)9(13)15-4;1-2/h8H,5-7H2,1-4H3;1-2H3. The van der Waals surface area contributed by atoms with E-state index >= 15 is 0 Å². The van der Waals surface area contributed by atoms with E-state index in [1.807, 2.05) is 34.6 Å². The van der Waals surface area contributed by atoms with Gasteiger partial charge in [0, 0.05) is 13.1 Å². The molecule has 0 spiro atoms. The van der Waals surface area contributed by atoms with Crippen molar-refractivity contribution in [2.75, 3.05) is 20.2 Å². The number of hydrogen-bond donors (Lipinski definition) is 0. The second-order valence-corrected chi connectivity index (χ2v) is 4.94. The molecule has 1 aliphatic rings. The van der Waals surface area contributed by atoms with Gasteiger partial charge in [0.1, 0.15) is 5.60 Å². The van der Waals surface area contributed by atoms with Gasteiger partial charge >= 0.3 is 12.1 Å². The first-order chi connectivity index (χ1) is 8.33. The number of carbonyl (C=O) groups excluding carboxylic acids is 2. The molecule has 1 unspecified atom stereocenters. The summed E-state index contributed by atoms with van der Waals surface area (Å²) in [6.07, 6.45) is 0.283. The van der Waals surface area contributed by atoms with Crippen molar-refractivity contribution in [1.29, 1.82) is 0 Å². The van der Waals surface area contributed by atoms with Gasteiger partial charge in [-0.25, -0.2) is 4.79 Å². The monoisotopic (exact) mass is 259 g/mol. The summed E-state index contributed by atoms with van der Waals surface area (Å²) in [6, 6.07) is 0. The van der Waals surface area contributed by atoms with Gasteiger partial charge in [0.2, 0.25) is 0 Å². The van der Waals surface area contributed by atoms with Gasteiger partial charge in [-0.3, -0.25) is 4.79 Å². The van der Waals surface area contributed by atoms with Gasteiger partial charge in [-0.1, -0.05) is 13.8 Å². The molecule has 0 aromatic carbocycles. The van der Waals surface area contributed by atoms with E-state index in [2.05, 4.69) is 4.74 Å². The number of nitrogens with zero attached hydrogens (tertiary/aromatic N) is 1. The first-order valence-corrected chi connectivity index (χ1v) is 6.39. The van der Waals surface area contributed by atoms with Crippen LogP contribution in [0.15, 0.2) is 0 Å². The van der Waals surface area contributed by atoms with Crippen LogP contribution in [0.1, 0.15) is 41.0 Å². The van der Waals surface area contributed by atoms with Crippen molar-refractivity contribution in [3.8, 4) is 0 Å². The van der Waals surface area contributed by atoms with E-state index in [-0.39, 0.29) is 18.0 Å². The molecule has 106 valence electrons. The van der Waals surface area contributed by atoms with E-state index in [1.165, 1.54) is 7.11 Å². The van der Waals surface area contributed by atoms with Crippen molar-refractivity contribution < 1.29 is 19.1 Å². The number of carbonyl (C=O) groups is 2. The fourth-order valence-electron chi connectivity index (χ4n) is 1.61. The molecule has 0 N–H and O–H groups in total. The fraction of sp³-hybridized carbons (Fsp3) is 0.846. The highest BCUT2D eigenvalue weighted by Crippen LogP contribution is 2.20. The zero-order valence-corrected chi connectivity index (χ0v) is 12.3. The van der Waals surface area contributed by atoms with E-state index < -0.39 is 5.60 Å². The van der Waals surface area contributed by atoms with Gasteiger partial charge in [-0.05, 0) is 27.2 Å². The normalized spacial score (nSPS) is 18.8. The Kier molecular flexibility index (Phi) is 6.73. The summed E-state index contributed by atoms with van der Waals surface area (Å²) in [5.74, 6) is -0.469. The molecule has 5 nitrogen and oxygen atoms in total. The number of esters is 1. The van der Waals surface area contributed by atoms with E-state index in [4.69, 9.17) is 4.74 Å². The van der Waals surface area contributed by atoms with E-state index in [1.54, 1.807) is 4.90 Å². The molecule has 0 aliphatic carbocycles. The number of hydrogen-bond acceptors (Lipinski definition) is 4. The Morgan fingerprint density at radius 2 is 1.78 bits per heavy atom. The lowest BCUT2D eigenvalue weighted by atomic mass is 10.1. The summed E-state index contributed by atoms with van der Waals surface area (Å²) in [6.45, 7) is 10.4. The summed E-state index contributed by atoms with van der Waals surface area (Å²) in [4.78, 5) is 24.5. The largest absolute Gasteiger partial charge is 0.469 e. The van der Waals surface area contributed by atoms with Crippen LogP contribution in [-0.4, -0.2) is 42.8 Å². The summed E-state index contributed by atoms with van der Waals surface area (Å²) in [7, 11) is 1.36. The molecule has 0 bridgehead atoms. The summed E-state index contributed by atoms with van der Waals surface area (Å²) in [5, 5.41) is 0. The van der Waals surface area contributed by atoms with Crippen molar-refractivity contribution in [2.24, 2.45) is 5.92 Å². The molecule has 0 radical (unpaired) electrons. The van der Waals surface area contributed by atoms with E-state index in [9.17, 15) is 9.59 Å². The average molecular weight is 259 g/mol. The minimum absolute atomic E-state index is 0.211. The van der Waals surface area contributed by atoms with Crippen LogP contribution in [0, 0.1) is 5.92 Å². The summed E-state index contributed by atoms with van der Waals surface area (Å²) in [5.41, 5.74) is -0.500. The molecule has 18 heavy (non-hydrogen) atoms. The highest BCUT2D eigenvalue weighted by Gasteiger charge is 2.33. The lowest BCUT2D eigenvalue weighted by Crippen LogP contribution is -2.36. The van der Waals surface area contributed by atoms with Crippen LogP contribution in [-0.2, 0) is 14.3 Å². The van der Waals surface area contributed by atoms with Crippen molar-refractivity contribution in [3.05, 3.63) is 0 Å². The number of ether oxygens (including phenoxy) is 2. The first kappa shape index (κ1) is 16.7. The Labute approximate surface area is 109 Å². The van der Waals surface area contributed by atoms with Crippen LogP contribution in [0.4, 0.5) is 4.79 Å². The van der Waals surface area contributed by atoms with E-state index in [0.717, 1.165) is 0 Å². The van der Waals surface area contributed by atoms with Crippen LogP contribution in [0.25, 0.3) is 0 Å². The maximum atomic E-state index is 11.7. The number of methoxy groups -OCH3 is 1. The quantitative estimate of drug-likeness (QED) is 0.679. The lowest BCUT2D eigenvalue weighted by molar-refractivity contribution is -0.144. The molecule has 1 saturated heterocycles. The Bertz CT molecular complexity index is 283. The smallest absolute Gasteiger partial charge is 0.410 e. The topological polar surface area (TPSA) is 55.8 Å². The fourth-order valence-corrected chi connectivity index (χ4v) is 1.61. The van der Waals surface area contributed by atoms with Crippen LogP contribution in [0.3, 0.4) is 0 Å². The van der Waals surface area contributed by atoms with Crippen LogP contribution in [0.5, 0.6) is 0 Å². The van der Waals surface area contributed by atoms with Crippen molar-refractivity contribution in [1.82, 2.24) is 4.90 Å². The molecule has 1 rings (SSSR count). The molecule has 1 aliphatic heterocycles. The molecule has 0 aromatic rings. The third kappa shape index (κ3) is 5.38. The van der Waals surface area contributed by atoms with Gasteiger partial charge in [0.05, 0.1) is 13.0 Å². The molecule has 1 atom stereocenters. The zero-order valence-electron chi connectivity index (χ0n) is 12.3. The van der Waals surface area contributed by atoms with Crippen LogP contribution in [0.2, 0.25) is 0 Å². The highest BCUT2D eigenvalue weighted by molar-refractivity contribution is 5.75. The highest BCUT2D eigenvalue weighted by atomic mass is 16.6. The van der Waals surface area contributed by atoms with Gasteiger partial charge < -0.3 is 14.4 Å². The maximum absolute atomic E-state index is 11.7. The Hall–Kier alpha value is -1.26. The van der Waals surface area contributed by atoms with Crippen LogP contribution >= 0.6 is 0 Å². The minimum atomic E-state index is -0.500. The maximum Gasteiger partial charge on any atom is 0.410 e. The van der Waals surface area contributed by atoms with Crippen LogP contribution < -0.4 is 0 Å².